The minimum absolute atomic E-state index is 0.0250. The van der Waals surface area contributed by atoms with E-state index in [2.05, 4.69) is 5.32 Å². The first-order chi connectivity index (χ1) is 21.4. The number of nitrogens with two attached hydrogens (primary N) is 1. The number of nitrogens with one attached hydrogen (secondary N) is 1. The predicted molar refractivity (Wildman–Crippen MR) is 159 cm³/mol. The number of hydrogen-bond acceptors (Lipinski definition) is 10. The van der Waals surface area contributed by atoms with Gasteiger partial charge in [0.05, 0.1) is 12.7 Å². The monoisotopic (exact) mass is 612 g/mol. The van der Waals surface area contributed by atoms with E-state index in [-0.39, 0.29) is 36.1 Å². The Kier molecular flexibility index (Phi) is 7.09. The van der Waals surface area contributed by atoms with E-state index < -0.39 is 58.1 Å². The lowest BCUT2D eigenvalue weighted by atomic mass is 9.60. The van der Waals surface area contributed by atoms with E-state index in [9.17, 15) is 39.6 Å². The number of aliphatic hydroxyl groups excluding tert-OH is 2. The normalized spacial score (nSPS) is 22.3. The minimum atomic E-state index is -2.62. The van der Waals surface area contributed by atoms with Crippen molar-refractivity contribution >= 4 is 29.3 Å². The number of carbonyl (C=O) groups excluding carboxylic acids is 4. The quantitative estimate of drug-likeness (QED) is 0.229. The molecule has 0 fully saturated rings. The van der Waals surface area contributed by atoms with Crippen LogP contribution in [0, 0.1) is 11.8 Å². The molecule has 230 valence electrons. The number of ketones is 2. The van der Waals surface area contributed by atoms with Crippen LogP contribution in [0.3, 0.4) is 0 Å². The number of fused-ring (bicyclic) bond motifs is 3. The fourth-order valence-corrected chi connectivity index (χ4v) is 6.52. The lowest BCUT2D eigenvalue weighted by molar-refractivity contribution is -0.144. The average molecular weight is 613 g/mol. The molecule has 6 rings (SSSR count). The summed E-state index contributed by atoms with van der Waals surface area (Å²) in [7, 11) is 1.53. The number of anilines is 1. The van der Waals surface area contributed by atoms with E-state index in [0.717, 1.165) is 0 Å². The molecule has 0 radical (unpaired) electrons. The van der Waals surface area contributed by atoms with Crippen molar-refractivity contribution in [3.63, 3.8) is 0 Å². The molecule has 45 heavy (non-hydrogen) atoms. The molecule has 0 unspecified atom stereocenters. The Morgan fingerprint density at radius 2 is 1.60 bits per heavy atom. The molecule has 7 N–H and O–H groups in total. The molecule has 0 heterocycles. The number of phenols is 1. The van der Waals surface area contributed by atoms with Crippen LogP contribution < -0.4 is 20.5 Å². The second kappa shape index (κ2) is 10.8. The number of aromatic hydroxyl groups is 1. The first-order valence-electron chi connectivity index (χ1n) is 14.0. The maximum Gasteiger partial charge on any atom is 0.417 e. The second-order valence-electron chi connectivity index (χ2n) is 11.2. The van der Waals surface area contributed by atoms with Crippen molar-refractivity contribution < 1.29 is 49.1 Å². The molecule has 0 aliphatic heterocycles. The van der Waals surface area contributed by atoms with Gasteiger partial charge in [-0.1, -0.05) is 18.2 Å². The maximum absolute atomic E-state index is 13.8. The summed E-state index contributed by atoms with van der Waals surface area (Å²) >= 11 is 0. The van der Waals surface area contributed by atoms with Gasteiger partial charge in [-0.2, -0.15) is 0 Å². The average Bonchev–Trinajstić information content (AvgIpc) is 3.00. The molecule has 0 aromatic heterocycles. The lowest BCUT2D eigenvalue weighted by Crippen LogP contribution is -2.57. The Balaban J connectivity index is 1.29. The van der Waals surface area contributed by atoms with Gasteiger partial charge in [0, 0.05) is 23.6 Å². The Labute approximate surface area is 256 Å². The summed E-state index contributed by atoms with van der Waals surface area (Å²) in [5, 5.41) is 46.3. The van der Waals surface area contributed by atoms with Crippen LogP contribution in [0.1, 0.15) is 28.8 Å². The van der Waals surface area contributed by atoms with Crippen molar-refractivity contribution in [1.29, 1.82) is 0 Å². The molecule has 0 spiro atoms. The Bertz CT molecular complexity index is 1840. The Hall–Kier alpha value is -5.62. The molecule has 3 aliphatic carbocycles. The highest BCUT2D eigenvalue weighted by Gasteiger charge is 2.59. The molecule has 3 aliphatic rings. The molecular weight excluding hydrogens is 584 g/mol. The number of methoxy groups -OCH3 is 1. The van der Waals surface area contributed by atoms with E-state index in [1.54, 1.807) is 54.6 Å². The van der Waals surface area contributed by atoms with Crippen molar-refractivity contribution in [2.75, 3.05) is 12.4 Å². The van der Waals surface area contributed by atoms with Gasteiger partial charge in [-0.05, 0) is 77.9 Å². The standard InChI is InChI=1S/C33H28N2O10/c1-44-19-6-8-20(9-7-19)45-32(42)35-18-4-2-15(3-5-18)21-10-11-23(36)26-22(21)13-16-12-17-14-24(37)27(31(34)41)30(40)33(17,43)29(39)25(16)28(26)38/h2-11,16-17,36-37,39,43H,12-14H2,1H3,(H2,34,41)(H,35,42)/t16-,17+,33+/m1/s1. The molecule has 0 saturated heterocycles. The molecule has 0 saturated carbocycles. The number of primary amides is 1. The van der Waals surface area contributed by atoms with E-state index in [4.69, 9.17) is 15.2 Å². The highest BCUT2D eigenvalue weighted by molar-refractivity contribution is 6.24. The van der Waals surface area contributed by atoms with E-state index in [1.165, 1.54) is 13.2 Å². The van der Waals surface area contributed by atoms with Gasteiger partial charge in [0.25, 0.3) is 5.91 Å². The van der Waals surface area contributed by atoms with Crippen molar-refractivity contribution in [1.82, 2.24) is 0 Å². The summed E-state index contributed by atoms with van der Waals surface area (Å²) in [4.78, 5) is 51.2. The highest BCUT2D eigenvalue weighted by atomic mass is 16.6. The van der Waals surface area contributed by atoms with E-state index in [1.807, 2.05) is 0 Å². The molecule has 0 bridgehead atoms. The Morgan fingerprint density at radius 1 is 0.933 bits per heavy atom. The zero-order valence-electron chi connectivity index (χ0n) is 23.9. The zero-order chi connectivity index (χ0) is 32.2. The van der Waals surface area contributed by atoms with Crippen LogP contribution in [0.25, 0.3) is 11.1 Å². The van der Waals surface area contributed by atoms with Crippen LogP contribution in [-0.4, -0.2) is 56.7 Å². The number of carbonyl (C=O) groups is 4. The third kappa shape index (κ3) is 4.75. The fourth-order valence-electron chi connectivity index (χ4n) is 6.52. The maximum atomic E-state index is 13.8. The van der Waals surface area contributed by atoms with E-state index >= 15 is 0 Å². The minimum Gasteiger partial charge on any atom is -0.511 e. The predicted octanol–water partition coefficient (Wildman–Crippen LogP) is 3.87. The van der Waals surface area contributed by atoms with Gasteiger partial charge >= 0.3 is 6.09 Å². The number of hydrogen-bond donors (Lipinski definition) is 6. The first kappa shape index (κ1) is 29.5. The molecular formula is C33H28N2O10. The fraction of sp³-hybridized carbons (Fsp3) is 0.212. The van der Waals surface area contributed by atoms with Gasteiger partial charge in [-0.25, -0.2) is 4.79 Å². The number of amides is 2. The summed E-state index contributed by atoms with van der Waals surface area (Å²) in [5.41, 5.74) is 3.68. The van der Waals surface area contributed by atoms with Crippen LogP contribution >= 0.6 is 0 Å². The van der Waals surface area contributed by atoms with Crippen molar-refractivity contribution in [2.24, 2.45) is 17.6 Å². The number of rotatable bonds is 5. The SMILES string of the molecule is COc1ccc(OC(=O)Nc2ccc(-c3ccc(O)c4c3C[C@H]3C[C@H]5CC(O)=C(C(N)=O)C(=O)[C@@]5(O)C(O)=C3C4=O)cc2)cc1. The van der Waals surface area contributed by atoms with Gasteiger partial charge < -0.3 is 35.6 Å². The summed E-state index contributed by atoms with van der Waals surface area (Å²) in [6.45, 7) is 0. The van der Waals surface area contributed by atoms with Crippen LogP contribution in [0.15, 0.2) is 83.3 Å². The van der Waals surface area contributed by atoms with Crippen LogP contribution in [-0.2, 0) is 16.0 Å². The number of aliphatic hydroxyl groups is 3. The molecule has 3 aromatic rings. The van der Waals surface area contributed by atoms with Crippen molar-refractivity contribution in [3.8, 4) is 28.4 Å². The molecule has 12 nitrogen and oxygen atoms in total. The van der Waals surface area contributed by atoms with Gasteiger partial charge in [0.1, 0.15) is 34.3 Å². The number of ether oxygens (including phenoxy) is 2. The second-order valence-corrected chi connectivity index (χ2v) is 11.2. The number of phenolic OH excluding ortho intramolecular Hbond substituents is 1. The zero-order valence-corrected chi connectivity index (χ0v) is 23.9. The third-order valence-electron chi connectivity index (χ3n) is 8.66. The first-order valence-corrected chi connectivity index (χ1v) is 14.0. The summed E-state index contributed by atoms with van der Waals surface area (Å²) in [6.07, 6.45) is -0.830. The largest absolute Gasteiger partial charge is 0.511 e. The van der Waals surface area contributed by atoms with Gasteiger partial charge in [-0.15, -0.1) is 0 Å². The molecule has 12 heteroatoms. The van der Waals surface area contributed by atoms with Gasteiger partial charge in [0.2, 0.25) is 5.78 Å². The molecule has 2 amide bonds. The van der Waals surface area contributed by atoms with Crippen molar-refractivity contribution in [3.05, 3.63) is 94.5 Å². The molecule has 3 atom stereocenters. The van der Waals surface area contributed by atoms with Gasteiger partial charge in [-0.3, -0.25) is 19.7 Å². The summed E-state index contributed by atoms with van der Waals surface area (Å²) in [5.74, 6) is -5.90. The van der Waals surface area contributed by atoms with Crippen LogP contribution in [0.5, 0.6) is 17.2 Å². The highest BCUT2D eigenvalue weighted by Crippen LogP contribution is 2.52. The van der Waals surface area contributed by atoms with Crippen LogP contribution in [0.4, 0.5) is 10.5 Å². The topological polar surface area (TPSA) is 206 Å². The summed E-state index contributed by atoms with van der Waals surface area (Å²) < 4.78 is 10.4. The lowest BCUT2D eigenvalue weighted by Gasteiger charge is -2.45. The number of allylic oxidation sites excluding steroid dienone is 2. The van der Waals surface area contributed by atoms with Gasteiger partial charge in [0.15, 0.2) is 11.4 Å². The smallest absolute Gasteiger partial charge is 0.417 e. The number of Topliss-reactive ketones (excluding diaryl/α,β-unsaturated/α-hetero) is 2. The Morgan fingerprint density at radius 3 is 2.24 bits per heavy atom. The van der Waals surface area contributed by atoms with Crippen LogP contribution in [0.2, 0.25) is 0 Å². The molecule has 3 aromatic carbocycles. The third-order valence-corrected chi connectivity index (χ3v) is 8.66. The summed E-state index contributed by atoms with van der Waals surface area (Å²) in [6, 6.07) is 16.2. The van der Waals surface area contributed by atoms with Crippen molar-refractivity contribution in [2.45, 2.75) is 24.9 Å². The number of benzene rings is 3. The van der Waals surface area contributed by atoms with E-state index in [0.29, 0.717) is 33.9 Å².